The molecule has 0 spiro atoms. The summed E-state index contributed by atoms with van der Waals surface area (Å²) in [5.74, 6) is 0.176. The van der Waals surface area contributed by atoms with Crippen LogP contribution in [-0.2, 0) is 0 Å². The number of rotatable bonds is 1. The maximum atomic E-state index is 9.09. The number of pyridine rings is 2. The Balaban J connectivity index is 2.50. The highest BCUT2D eigenvalue weighted by atomic mass is 16.3. The van der Waals surface area contributed by atoms with Crippen LogP contribution in [0.4, 0.5) is 0 Å². The quantitative estimate of drug-likeness (QED) is 0.742. The third kappa shape index (κ3) is 1.57. The van der Waals surface area contributed by atoms with Crippen LogP contribution >= 0.6 is 0 Å². The molecule has 2 aromatic heterocycles. The first-order valence-electron chi connectivity index (χ1n) is 4.33. The highest BCUT2D eigenvalue weighted by Gasteiger charge is 2.02. The first kappa shape index (κ1) is 8.69. The topological polar surface area (TPSA) is 46.0 Å². The fraction of sp³-hybridized carbons (Fsp3) is 0.0909. The number of aromatic nitrogens is 2. The first-order valence-corrected chi connectivity index (χ1v) is 4.33. The maximum Gasteiger partial charge on any atom is 0.133 e. The van der Waals surface area contributed by atoms with Crippen LogP contribution in [0.1, 0.15) is 5.56 Å². The van der Waals surface area contributed by atoms with E-state index in [4.69, 9.17) is 5.11 Å². The van der Waals surface area contributed by atoms with Crippen molar-refractivity contribution in [3.05, 3.63) is 42.4 Å². The zero-order valence-corrected chi connectivity index (χ0v) is 7.81. The molecule has 2 rings (SSSR count). The van der Waals surface area contributed by atoms with Crippen molar-refractivity contribution in [3.63, 3.8) is 0 Å². The Bertz CT molecular complexity index is 437. The summed E-state index contributed by atoms with van der Waals surface area (Å²) >= 11 is 0. The molecule has 1 N–H and O–H groups in total. The molecule has 0 aliphatic heterocycles. The Morgan fingerprint density at radius 2 is 2.00 bits per heavy atom. The zero-order chi connectivity index (χ0) is 9.97. The predicted molar refractivity (Wildman–Crippen MR) is 53.9 cm³/mol. The molecule has 70 valence electrons. The molecule has 0 unspecified atom stereocenters. The summed E-state index contributed by atoms with van der Waals surface area (Å²) in [7, 11) is 0. The van der Waals surface area contributed by atoms with E-state index in [1.165, 1.54) is 6.20 Å². The zero-order valence-electron chi connectivity index (χ0n) is 7.81. The molecule has 2 aromatic rings. The van der Waals surface area contributed by atoms with Gasteiger partial charge >= 0.3 is 0 Å². The van der Waals surface area contributed by atoms with E-state index in [1.54, 1.807) is 24.5 Å². The lowest BCUT2D eigenvalue weighted by Crippen LogP contribution is -1.87. The van der Waals surface area contributed by atoms with Gasteiger partial charge in [0.05, 0.1) is 11.9 Å². The second kappa shape index (κ2) is 3.46. The van der Waals surface area contributed by atoms with Crippen LogP contribution in [0.2, 0.25) is 0 Å². The second-order valence-electron chi connectivity index (χ2n) is 3.09. The van der Waals surface area contributed by atoms with Gasteiger partial charge in [-0.3, -0.25) is 9.97 Å². The van der Waals surface area contributed by atoms with Crippen LogP contribution in [0.5, 0.6) is 5.75 Å². The maximum absolute atomic E-state index is 9.09. The van der Waals surface area contributed by atoms with Gasteiger partial charge in [0.2, 0.25) is 0 Å². The molecule has 2 heterocycles. The molecule has 0 bridgehead atoms. The number of aromatic hydroxyl groups is 1. The van der Waals surface area contributed by atoms with Crippen molar-refractivity contribution in [1.29, 1.82) is 0 Å². The van der Waals surface area contributed by atoms with Crippen molar-refractivity contribution in [1.82, 2.24) is 9.97 Å². The van der Waals surface area contributed by atoms with Crippen LogP contribution in [0, 0.1) is 6.92 Å². The van der Waals surface area contributed by atoms with Crippen molar-refractivity contribution < 1.29 is 5.11 Å². The molecule has 0 fully saturated rings. The van der Waals surface area contributed by atoms with Crippen LogP contribution in [-0.4, -0.2) is 15.1 Å². The molecular formula is C11H10N2O. The van der Waals surface area contributed by atoms with E-state index in [-0.39, 0.29) is 5.75 Å². The third-order valence-electron chi connectivity index (χ3n) is 2.06. The molecule has 0 atom stereocenters. The smallest absolute Gasteiger partial charge is 0.133 e. The highest BCUT2D eigenvalue weighted by molar-refractivity contribution is 5.62. The van der Waals surface area contributed by atoms with E-state index in [0.29, 0.717) is 0 Å². The lowest BCUT2D eigenvalue weighted by molar-refractivity contribution is 0.473. The van der Waals surface area contributed by atoms with Crippen molar-refractivity contribution in [2.24, 2.45) is 0 Å². The summed E-state index contributed by atoms with van der Waals surface area (Å²) in [5, 5.41) is 9.09. The summed E-state index contributed by atoms with van der Waals surface area (Å²) < 4.78 is 0. The van der Waals surface area contributed by atoms with Crippen molar-refractivity contribution >= 4 is 0 Å². The number of nitrogens with zero attached hydrogens (tertiary/aromatic N) is 2. The lowest BCUT2D eigenvalue weighted by atomic mass is 10.1. The number of hydrogen-bond donors (Lipinski definition) is 1. The first-order chi connectivity index (χ1) is 6.77. The summed E-state index contributed by atoms with van der Waals surface area (Å²) in [4.78, 5) is 8.16. The van der Waals surface area contributed by atoms with E-state index < -0.39 is 0 Å². The van der Waals surface area contributed by atoms with E-state index in [1.807, 2.05) is 13.0 Å². The normalized spacial score (nSPS) is 10.1. The van der Waals surface area contributed by atoms with Crippen molar-refractivity contribution in [3.8, 4) is 17.0 Å². The summed E-state index contributed by atoms with van der Waals surface area (Å²) in [6.45, 7) is 2.01. The van der Waals surface area contributed by atoms with E-state index in [0.717, 1.165) is 16.8 Å². The average Bonchev–Trinajstić information content (AvgIpc) is 2.20. The molecule has 0 aliphatic carbocycles. The van der Waals surface area contributed by atoms with Gasteiger partial charge < -0.3 is 5.11 Å². The molecule has 0 amide bonds. The van der Waals surface area contributed by atoms with Gasteiger partial charge in [0.1, 0.15) is 5.75 Å². The molecular weight excluding hydrogens is 176 g/mol. The highest BCUT2D eigenvalue weighted by Crippen LogP contribution is 2.20. The fourth-order valence-corrected chi connectivity index (χ4v) is 1.28. The molecule has 3 heteroatoms. The Labute approximate surface area is 82.1 Å². The average molecular weight is 186 g/mol. The van der Waals surface area contributed by atoms with Crippen LogP contribution in [0.3, 0.4) is 0 Å². The Kier molecular flexibility index (Phi) is 2.14. The van der Waals surface area contributed by atoms with Gasteiger partial charge in [0.15, 0.2) is 0 Å². The van der Waals surface area contributed by atoms with Gasteiger partial charge in [-0.05, 0) is 30.7 Å². The van der Waals surface area contributed by atoms with Gasteiger partial charge in [0, 0.05) is 18.0 Å². The SMILES string of the molecule is Cc1ccncc1-c1ccc(O)cn1. The van der Waals surface area contributed by atoms with Gasteiger partial charge in [-0.15, -0.1) is 0 Å². The predicted octanol–water partition coefficient (Wildman–Crippen LogP) is 2.16. The largest absolute Gasteiger partial charge is 0.506 e. The second-order valence-corrected chi connectivity index (χ2v) is 3.09. The minimum atomic E-state index is 0.176. The van der Waals surface area contributed by atoms with Gasteiger partial charge in [-0.1, -0.05) is 0 Å². The molecule has 0 saturated carbocycles. The molecule has 0 aliphatic rings. The van der Waals surface area contributed by atoms with Gasteiger partial charge in [-0.2, -0.15) is 0 Å². The monoisotopic (exact) mass is 186 g/mol. The van der Waals surface area contributed by atoms with Gasteiger partial charge in [-0.25, -0.2) is 0 Å². The molecule has 0 saturated heterocycles. The Hall–Kier alpha value is -1.90. The van der Waals surface area contributed by atoms with E-state index >= 15 is 0 Å². The molecule has 0 radical (unpaired) electrons. The van der Waals surface area contributed by atoms with Crippen LogP contribution in [0.25, 0.3) is 11.3 Å². The van der Waals surface area contributed by atoms with Crippen molar-refractivity contribution in [2.45, 2.75) is 6.92 Å². The van der Waals surface area contributed by atoms with E-state index in [2.05, 4.69) is 9.97 Å². The summed E-state index contributed by atoms with van der Waals surface area (Å²) in [6.07, 6.45) is 4.95. The number of hydrogen-bond acceptors (Lipinski definition) is 3. The molecule has 14 heavy (non-hydrogen) atoms. The lowest BCUT2D eigenvalue weighted by Gasteiger charge is -2.03. The van der Waals surface area contributed by atoms with Gasteiger partial charge in [0.25, 0.3) is 0 Å². The Morgan fingerprint density at radius 1 is 1.14 bits per heavy atom. The third-order valence-corrected chi connectivity index (χ3v) is 2.06. The summed E-state index contributed by atoms with van der Waals surface area (Å²) in [6, 6.07) is 5.33. The number of aryl methyl sites for hydroxylation is 1. The molecule has 3 nitrogen and oxygen atoms in total. The van der Waals surface area contributed by atoms with Crippen molar-refractivity contribution in [2.75, 3.05) is 0 Å². The van der Waals surface area contributed by atoms with Crippen LogP contribution in [0.15, 0.2) is 36.8 Å². The fourth-order valence-electron chi connectivity index (χ4n) is 1.28. The molecule has 0 aromatic carbocycles. The Morgan fingerprint density at radius 3 is 2.64 bits per heavy atom. The standard InChI is InChI=1S/C11H10N2O/c1-8-4-5-12-7-10(8)11-3-2-9(14)6-13-11/h2-7,14H,1H3. The summed E-state index contributed by atoms with van der Waals surface area (Å²) in [5.41, 5.74) is 2.94. The van der Waals surface area contributed by atoms with Crippen LogP contribution < -0.4 is 0 Å². The van der Waals surface area contributed by atoms with E-state index in [9.17, 15) is 0 Å². The minimum absolute atomic E-state index is 0.176. The minimum Gasteiger partial charge on any atom is -0.506 e.